The second kappa shape index (κ2) is 8.37. The van der Waals surface area contributed by atoms with Gasteiger partial charge in [-0.2, -0.15) is 0 Å². The number of ether oxygens (including phenoxy) is 1. The van der Waals surface area contributed by atoms with Crippen molar-refractivity contribution >= 4 is 25.8 Å². The number of benzene rings is 1. The third-order valence-electron chi connectivity index (χ3n) is 7.23. The molecule has 3 aliphatic rings. The minimum absolute atomic E-state index is 0.139. The molecular formula is C24H36N2O5Si. The fourth-order valence-electron chi connectivity index (χ4n) is 5.58. The lowest BCUT2D eigenvalue weighted by Gasteiger charge is -2.42. The van der Waals surface area contributed by atoms with Crippen molar-refractivity contribution in [3.63, 3.8) is 0 Å². The highest BCUT2D eigenvalue weighted by Gasteiger charge is 2.48. The molecule has 0 bridgehead atoms. The topological polar surface area (TPSA) is 88.1 Å². The Morgan fingerprint density at radius 2 is 1.66 bits per heavy atom. The van der Waals surface area contributed by atoms with E-state index in [9.17, 15) is 14.7 Å². The molecule has 0 spiro atoms. The molecule has 2 fully saturated rings. The lowest BCUT2D eigenvalue weighted by molar-refractivity contribution is -0.119. The largest absolute Gasteiger partial charge is 0.540 e. The highest BCUT2D eigenvalue weighted by Crippen LogP contribution is 2.47. The number of carbonyl (C=O) groups excluding carboxylic acids is 2. The molecule has 32 heavy (non-hydrogen) atoms. The number of nitrogens with zero attached hydrogens (tertiary/aromatic N) is 1. The van der Waals surface area contributed by atoms with E-state index in [1.807, 2.05) is 0 Å². The van der Waals surface area contributed by atoms with E-state index in [4.69, 9.17) is 9.16 Å². The van der Waals surface area contributed by atoms with Crippen LogP contribution in [0.1, 0.15) is 71.2 Å². The minimum atomic E-state index is -2.28. The maximum absolute atomic E-state index is 13.3. The van der Waals surface area contributed by atoms with Gasteiger partial charge in [0.25, 0.3) is 14.2 Å². The maximum atomic E-state index is 13.3. The third kappa shape index (κ3) is 3.92. The monoisotopic (exact) mass is 460 g/mol. The summed E-state index contributed by atoms with van der Waals surface area (Å²) in [6, 6.07) is 2.87. The van der Waals surface area contributed by atoms with Crippen LogP contribution in [-0.4, -0.2) is 54.9 Å². The second-order valence-electron chi connectivity index (χ2n) is 10.4. The van der Waals surface area contributed by atoms with Gasteiger partial charge in [0, 0.05) is 19.0 Å². The van der Waals surface area contributed by atoms with E-state index in [2.05, 4.69) is 46.9 Å². The number of rotatable bonds is 7. The van der Waals surface area contributed by atoms with Gasteiger partial charge in [0.15, 0.2) is 5.75 Å². The van der Waals surface area contributed by atoms with E-state index in [0.29, 0.717) is 39.4 Å². The number of nitrogens with one attached hydrogen (secondary N) is 1. The van der Waals surface area contributed by atoms with Crippen LogP contribution in [-0.2, 0) is 4.79 Å². The van der Waals surface area contributed by atoms with Crippen LogP contribution in [0.4, 0.5) is 5.69 Å². The third-order valence-corrected chi connectivity index (χ3v) is 13.2. The van der Waals surface area contributed by atoms with Gasteiger partial charge in [-0.1, -0.05) is 41.5 Å². The van der Waals surface area contributed by atoms with Gasteiger partial charge in [-0.3, -0.25) is 9.59 Å². The molecule has 2 unspecified atom stereocenters. The Balaban J connectivity index is 1.80. The van der Waals surface area contributed by atoms with Gasteiger partial charge < -0.3 is 24.5 Å². The standard InChI is InChI=1S/C24H36N2O5Si/c1-13(2)32(14(3)4,15(5)6)31-22-11-19-18(10-21(22)30-17-7-8-17)24(29)26-12-16(27)9-20(26)23(28)25-19/h10-11,13-17,20,27H,7-9,12H2,1-6H3,(H,25,28). The first-order valence-electron chi connectivity index (χ1n) is 11.9. The summed E-state index contributed by atoms with van der Waals surface area (Å²) < 4.78 is 13.2. The van der Waals surface area contributed by atoms with E-state index in [-0.39, 0.29) is 30.9 Å². The molecule has 7 nitrogen and oxygen atoms in total. The highest BCUT2D eigenvalue weighted by molar-refractivity contribution is 6.78. The average molecular weight is 461 g/mol. The zero-order valence-corrected chi connectivity index (χ0v) is 21.0. The van der Waals surface area contributed by atoms with Crippen LogP contribution in [0.3, 0.4) is 0 Å². The van der Waals surface area contributed by atoms with E-state index in [1.54, 1.807) is 12.1 Å². The number of hydrogen-bond acceptors (Lipinski definition) is 5. The summed E-state index contributed by atoms with van der Waals surface area (Å²) in [5.74, 6) is 0.669. The van der Waals surface area contributed by atoms with E-state index >= 15 is 0 Å². The molecule has 2 atom stereocenters. The fraction of sp³-hybridized carbons (Fsp3) is 0.667. The van der Waals surface area contributed by atoms with Crippen LogP contribution in [0.15, 0.2) is 12.1 Å². The maximum Gasteiger partial charge on any atom is 0.258 e. The quantitative estimate of drug-likeness (QED) is 0.592. The number of carbonyl (C=O) groups is 2. The zero-order valence-electron chi connectivity index (χ0n) is 20.0. The minimum Gasteiger partial charge on any atom is -0.540 e. The van der Waals surface area contributed by atoms with Crippen LogP contribution < -0.4 is 14.5 Å². The summed E-state index contributed by atoms with van der Waals surface area (Å²) in [5, 5.41) is 13.0. The molecule has 1 aromatic carbocycles. The predicted molar refractivity (Wildman–Crippen MR) is 126 cm³/mol. The Kier molecular flexibility index (Phi) is 6.05. The van der Waals surface area contributed by atoms with Crippen LogP contribution in [0.25, 0.3) is 0 Å². The van der Waals surface area contributed by atoms with Gasteiger partial charge in [0.05, 0.1) is 23.5 Å². The van der Waals surface area contributed by atoms with Crippen molar-refractivity contribution in [1.29, 1.82) is 0 Å². The molecule has 0 radical (unpaired) electrons. The van der Waals surface area contributed by atoms with Gasteiger partial charge in [-0.15, -0.1) is 0 Å². The number of aliphatic hydroxyl groups excluding tert-OH is 1. The van der Waals surface area contributed by atoms with Crippen molar-refractivity contribution in [2.45, 2.75) is 95.7 Å². The molecule has 1 saturated carbocycles. The average Bonchev–Trinajstić information content (AvgIpc) is 3.44. The Morgan fingerprint density at radius 1 is 1.03 bits per heavy atom. The van der Waals surface area contributed by atoms with Gasteiger partial charge in [-0.05, 0) is 35.5 Å². The second-order valence-corrected chi connectivity index (χ2v) is 15.8. The van der Waals surface area contributed by atoms with E-state index in [1.165, 1.54) is 4.90 Å². The molecule has 0 aromatic heterocycles. The Bertz CT molecular complexity index is 890. The first kappa shape index (κ1) is 23.1. The summed E-state index contributed by atoms with van der Waals surface area (Å²) in [5.41, 5.74) is 1.97. The Hall–Kier alpha value is -2.06. The summed E-state index contributed by atoms with van der Waals surface area (Å²) in [6.07, 6.45) is 1.69. The fourth-order valence-corrected chi connectivity index (χ4v) is 10.8. The highest BCUT2D eigenvalue weighted by atomic mass is 28.4. The van der Waals surface area contributed by atoms with Gasteiger partial charge in [-0.25, -0.2) is 0 Å². The van der Waals surface area contributed by atoms with Gasteiger partial charge >= 0.3 is 0 Å². The number of hydrogen-bond donors (Lipinski definition) is 2. The molecule has 2 aliphatic heterocycles. The van der Waals surface area contributed by atoms with Gasteiger partial charge in [0.2, 0.25) is 5.91 Å². The van der Waals surface area contributed by atoms with Crippen LogP contribution in [0.2, 0.25) is 16.6 Å². The summed E-state index contributed by atoms with van der Waals surface area (Å²) in [7, 11) is -2.28. The molecule has 4 rings (SSSR count). The molecule has 1 aromatic rings. The molecule has 2 amide bonds. The molecule has 1 saturated heterocycles. The van der Waals surface area contributed by atoms with E-state index in [0.717, 1.165) is 12.8 Å². The number of anilines is 1. The van der Waals surface area contributed by atoms with Crippen molar-refractivity contribution in [3.05, 3.63) is 17.7 Å². The Morgan fingerprint density at radius 3 is 2.22 bits per heavy atom. The molecule has 2 heterocycles. The lowest BCUT2D eigenvalue weighted by Crippen LogP contribution is -2.50. The summed E-state index contributed by atoms with van der Waals surface area (Å²) in [4.78, 5) is 27.7. The summed E-state index contributed by atoms with van der Waals surface area (Å²) in [6.45, 7) is 13.5. The van der Waals surface area contributed by atoms with E-state index < -0.39 is 20.5 Å². The molecule has 1 aliphatic carbocycles. The first-order chi connectivity index (χ1) is 15.0. The first-order valence-corrected chi connectivity index (χ1v) is 14.0. The van der Waals surface area contributed by atoms with Crippen molar-refractivity contribution in [2.24, 2.45) is 0 Å². The number of fused-ring (bicyclic) bond motifs is 2. The van der Waals surface area contributed by atoms with Crippen molar-refractivity contribution in [1.82, 2.24) is 4.90 Å². The lowest BCUT2D eigenvalue weighted by atomic mass is 10.1. The number of aliphatic hydroxyl groups is 1. The Labute approximate surface area is 191 Å². The summed E-state index contributed by atoms with van der Waals surface area (Å²) >= 11 is 0. The molecule has 8 heteroatoms. The predicted octanol–water partition coefficient (Wildman–Crippen LogP) is 4.31. The molecule has 176 valence electrons. The van der Waals surface area contributed by atoms with Crippen molar-refractivity contribution in [3.8, 4) is 11.5 Å². The van der Waals surface area contributed by atoms with Gasteiger partial charge in [0.1, 0.15) is 11.8 Å². The molecule has 2 N–H and O–H groups in total. The zero-order chi connectivity index (χ0) is 23.4. The van der Waals surface area contributed by atoms with Crippen LogP contribution >= 0.6 is 0 Å². The van der Waals surface area contributed by atoms with Crippen LogP contribution in [0, 0.1) is 0 Å². The molecular weight excluding hydrogens is 424 g/mol. The van der Waals surface area contributed by atoms with Crippen LogP contribution in [0.5, 0.6) is 11.5 Å². The van der Waals surface area contributed by atoms with Crippen molar-refractivity contribution in [2.75, 3.05) is 11.9 Å². The smallest absolute Gasteiger partial charge is 0.258 e. The van der Waals surface area contributed by atoms with Crippen molar-refractivity contribution < 1.29 is 23.9 Å². The normalized spacial score (nSPS) is 23.4. The number of amides is 2. The SMILES string of the molecule is CC(C)[Si](Oc1cc2c(cc1OC1CC1)C(=O)N1CC(O)CC1C(=O)N2)(C(C)C)C(C)C.